The predicted molar refractivity (Wildman–Crippen MR) is 95.3 cm³/mol. The van der Waals surface area contributed by atoms with Crippen molar-refractivity contribution in [2.75, 3.05) is 25.2 Å². The molecule has 24 heavy (non-hydrogen) atoms. The van der Waals surface area contributed by atoms with Gasteiger partial charge in [0.25, 0.3) is 0 Å². The van der Waals surface area contributed by atoms with Crippen molar-refractivity contribution in [2.24, 2.45) is 0 Å². The minimum absolute atomic E-state index is 0.479. The van der Waals surface area contributed by atoms with Crippen molar-refractivity contribution < 1.29 is 14.4 Å². The summed E-state index contributed by atoms with van der Waals surface area (Å²) >= 11 is 6.00. The van der Waals surface area contributed by atoms with Gasteiger partial charge in [0, 0.05) is 25.2 Å². The van der Waals surface area contributed by atoms with Crippen molar-refractivity contribution in [1.29, 1.82) is 0 Å². The Kier molecular flexibility index (Phi) is 6.46. The number of carbonyl (C=O) groups is 1. The molecule has 0 aliphatic heterocycles. The third-order valence-corrected chi connectivity index (χ3v) is 3.89. The van der Waals surface area contributed by atoms with E-state index in [0.29, 0.717) is 12.3 Å². The van der Waals surface area contributed by atoms with Gasteiger partial charge in [0.05, 0.1) is 19.4 Å². The molecule has 0 bridgehead atoms. The molecule has 0 fully saturated rings. The molecule has 128 valence electrons. The van der Waals surface area contributed by atoms with Gasteiger partial charge in [-0.25, -0.2) is 14.3 Å². The maximum Gasteiger partial charge on any atom is 0.362 e. The van der Waals surface area contributed by atoms with E-state index < -0.39 is 6.03 Å². The van der Waals surface area contributed by atoms with Gasteiger partial charge in [-0.2, -0.15) is 0 Å². The van der Waals surface area contributed by atoms with E-state index in [0.717, 1.165) is 21.7 Å². The van der Waals surface area contributed by atoms with Crippen LogP contribution >= 0.6 is 11.8 Å². The number of benzene rings is 2. The topological polar surface area (TPSA) is 42.0 Å². The molecule has 0 saturated carbocycles. The summed E-state index contributed by atoms with van der Waals surface area (Å²) in [5.41, 5.74) is 3.02. The Morgan fingerprint density at radius 1 is 1.08 bits per heavy atom. The van der Waals surface area contributed by atoms with Gasteiger partial charge in [-0.05, 0) is 36.8 Å². The Hall–Kier alpha value is -2.24. The Balaban J connectivity index is 1.87. The molecule has 0 spiro atoms. The fourth-order valence-corrected chi connectivity index (χ4v) is 2.25. The highest BCUT2D eigenvalue weighted by Gasteiger charge is 2.17. The van der Waals surface area contributed by atoms with E-state index >= 15 is 0 Å². The maximum atomic E-state index is 11.9. The van der Waals surface area contributed by atoms with Crippen molar-refractivity contribution in [3.63, 3.8) is 0 Å². The van der Waals surface area contributed by atoms with E-state index in [2.05, 4.69) is 31.2 Å². The van der Waals surface area contributed by atoms with Crippen LogP contribution in [0.2, 0.25) is 0 Å². The number of anilines is 1. The van der Waals surface area contributed by atoms with Crippen LogP contribution in [0, 0.1) is 6.92 Å². The minimum atomic E-state index is -0.479. The summed E-state index contributed by atoms with van der Waals surface area (Å²) in [6, 6.07) is 14.9. The lowest BCUT2D eigenvalue weighted by atomic mass is 10.1. The van der Waals surface area contributed by atoms with E-state index in [4.69, 9.17) is 21.4 Å². The molecule has 0 heterocycles. The van der Waals surface area contributed by atoms with Crippen molar-refractivity contribution in [3.05, 3.63) is 59.7 Å². The minimum Gasteiger partial charge on any atom is -0.493 e. The normalized spacial score (nSPS) is 10.3. The molecule has 0 aliphatic rings. The fourth-order valence-electron chi connectivity index (χ4n) is 2.03. The van der Waals surface area contributed by atoms with Gasteiger partial charge in [0.15, 0.2) is 0 Å². The van der Waals surface area contributed by atoms with Crippen LogP contribution < -0.4 is 9.16 Å². The second-order valence-corrected chi connectivity index (χ2v) is 5.66. The Morgan fingerprint density at radius 2 is 1.71 bits per heavy atom. The van der Waals surface area contributed by atoms with E-state index in [9.17, 15) is 4.79 Å². The molecule has 2 rings (SSSR count). The number of rotatable bonds is 6. The maximum absolute atomic E-state index is 11.9. The molecule has 0 atom stereocenters. The lowest BCUT2D eigenvalue weighted by Gasteiger charge is -2.20. The first-order valence-corrected chi connectivity index (χ1v) is 7.91. The molecule has 2 aromatic carbocycles. The Bertz CT molecular complexity index is 659. The SMILES string of the molecule is CON(C)C(=O)N(Cl)c1ccc(OCCc2ccc(C)cc2)cc1. The number of halogens is 1. The molecule has 0 saturated heterocycles. The van der Waals surface area contributed by atoms with Crippen molar-refractivity contribution in [1.82, 2.24) is 5.06 Å². The highest BCUT2D eigenvalue weighted by molar-refractivity contribution is 6.36. The summed E-state index contributed by atoms with van der Waals surface area (Å²) in [7, 11) is 2.88. The molecule has 0 unspecified atom stereocenters. The molecule has 2 aromatic rings. The number of aryl methyl sites for hydroxylation is 1. The third-order valence-electron chi connectivity index (χ3n) is 3.55. The number of hydrogen-bond donors (Lipinski definition) is 0. The number of hydroxylamine groups is 2. The average molecular weight is 349 g/mol. The highest BCUT2D eigenvalue weighted by Crippen LogP contribution is 2.22. The molecule has 0 N–H and O–H groups in total. The average Bonchev–Trinajstić information content (AvgIpc) is 2.62. The quantitative estimate of drug-likeness (QED) is 0.580. The Morgan fingerprint density at radius 3 is 2.29 bits per heavy atom. The van der Waals surface area contributed by atoms with Crippen molar-refractivity contribution >= 4 is 23.5 Å². The number of carbonyl (C=O) groups excluding carboxylic acids is 1. The molecule has 6 heteroatoms. The zero-order valence-electron chi connectivity index (χ0n) is 14.0. The van der Waals surface area contributed by atoms with Crippen LogP contribution in [0.1, 0.15) is 11.1 Å². The number of urea groups is 1. The number of ether oxygens (including phenoxy) is 1. The second-order valence-electron chi connectivity index (χ2n) is 5.32. The summed E-state index contributed by atoms with van der Waals surface area (Å²) in [6.07, 6.45) is 0.834. The zero-order chi connectivity index (χ0) is 17.5. The first-order chi connectivity index (χ1) is 11.5. The van der Waals surface area contributed by atoms with Crippen molar-refractivity contribution in [2.45, 2.75) is 13.3 Å². The Labute approximate surface area is 147 Å². The van der Waals surface area contributed by atoms with Gasteiger partial charge >= 0.3 is 6.03 Å². The third kappa shape index (κ3) is 4.88. The van der Waals surface area contributed by atoms with Crippen molar-refractivity contribution in [3.8, 4) is 5.75 Å². The van der Waals surface area contributed by atoms with Gasteiger partial charge in [-0.3, -0.25) is 4.84 Å². The summed E-state index contributed by atoms with van der Waals surface area (Å²) in [5.74, 6) is 0.725. The summed E-state index contributed by atoms with van der Waals surface area (Å²) in [4.78, 5) is 16.7. The van der Waals surface area contributed by atoms with Crippen LogP contribution in [0.25, 0.3) is 0 Å². The first kappa shape index (κ1) is 18.1. The van der Waals surface area contributed by atoms with Gasteiger partial charge in [0.1, 0.15) is 5.75 Å². The molecule has 2 amide bonds. The molecule has 5 nitrogen and oxygen atoms in total. The fraction of sp³-hybridized carbons (Fsp3) is 0.278. The molecule has 0 aromatic heterocycles. The molecular formula is C18H21ClN2O3. The van der Waals surface area contributed by atoms with Gasteiger partial charge < -0.3 is 4.74 Å². The van der Waals surface area contributed by atoms with E-state index in [1.54, 1.807) is 24.3 Å². The number of hydrogen-bond acceptors (Lipinski definition) is 3. The van der Waals surface area contributed by atoms with Crippen LogP contribution in [0.5, 0.6) is 5.75 Å². The van der Waals surface area contributed by atoms with Crippen LogP contribution in [0.3, 0.4) is 0 Å². The molecular weight excluding hydrogens is 328 g/mol. The number of amides is 2. The van der Waals surface area contributed by atoms with Crippen LogP contribution in [-0.4, -0.2) is 31.9 Å². The van der Waals surface area contributed by atoms with Gasteiger partial charge in [-0.1, -0.05) is 29.8 Å². The highest BCUT2D eigenvalue weighted by atomic mass is 35.5. The lowest BCUT2D eigenvalue weighted by Crippen LogP contribution is -2.34. The van der Waals surface area contributed by atoms with E-state index in [1.165, 1.54) is 25.3 Å². The largest absolute Gasteiger partial charge is 0.493 e. The predicted octanol–water partition coefficient (Wildman–Crippen LogP) is 4.19. The molecule has 0 aliphatic carbocycles. The van der Waals surface area contributed by atoms with Crippen LogP contribution in [0.4, 0.5) is 10.5 Å². The number of nitrogens with zero attached hydrogens (tertiary/aromatic N) is 2. The summed E-state index contributed by atoms with van der Waals surface area (Å²) < 4.78 is 6.71. The first-order valence-electron chi connectivity index (χ1n) is 7.57. The standard InChI is InChI=1S/C18H21ClN2O3/c1-14-4-6-15(7-5-14)12-13-24-17-10-8-16(9-11-17)21(19)18(22)20(2)23-3/h4-11H,12-13H2,1-3H3. The summed E-state index contributed by atoms with van der Waals surface area (Å²) in [6.45, 7) is 2.65. The monoisotopic (exact) mass is 348 g/mol. The van der Waals surface area contributed by atoms with Crippen LogP contribution in [0.15, 0.2) is 48.5 Å². The van der Waals surface area contributed by atoms with Gasteiger partial charge in [-0.15, -0.1) is 0 Å². The second kappa shape index (κ2) is 8.57. The molecule has 0 radical (unpaired) electrons. The van der Waals surface area contributed by atoms with Gasteiger partial charge in [0.2, 0.25) is 0 Å². The van der Waals surface area contributed by atoms with Crippen LogP contribution in [-0.2, 0) is 11.3 Å². The van der Waals surface area contributed by atoms with E-state index in [1.807, 2.05) is 0 Å². The lowest BCUT2D eigenvalue weighted by molar-refractivity contribution is -0.0610. The summed E-state index contributed by atoms with van der Waals surface area (Å²) in [5, 5.41) is 1.04. The zero-order valence-corrected chi connectivity index (χ0v) is 14.8. The smallest absolute Gasteiger partial charge is 0.362 e. The van der Waals surface area contributed by atoms with E-state index in [-0.39, 0.29) is 0 Å².